The summed E-state index contributed by atoms with van der Waals surface area (Å²) in [4.78, 5) is 14.0. The molecular formula is C14H18BrNO2. The van der Waals surface area contributed by atoms with E-state index in [1.807, 2.05) is 12.1 Å². The Morgan fingerprint density at radius 1 is 1.39 bits per heavy atom. The van der Waals surface area contributed by atoms with Gasteiger partial charge in [0.15, 0.2) is 0 Å². The molecule has 1 aromatic rings. The van der Waals surface area contributed by atoms with Gasteiger partial charge >= 0.3 is 5.97 Å². The molecule has 4 heteroatoms. The lowest BCUT2D eigenvalue weighted by Gasteiger charge is -2.33. The Morgan fingerprint density at radius 2 is 2.11 bits per heavy atom. The molecular weight excluding hydrogens is 294 g/mol. The minimum Gasteiger partial charge on any atom is -0.468 e. The summed E-state index contributed by atoms with van der Waals surface area (Å²) in [6.07, 6.45) is 3.17. The number of ether oxygens (including phenoxy) is 1. The molecule has 98 valence electrons. The molecule has 1 aliphatic heterocycles. The molecule has 0 aliphatic carbocycles. The lowest BCUT2D eigenvalue weighted by Crippen LogP contribution is -2.44. The number of piperidine rings is 1. The highest BCUT2D eigenvalue weighted by Crippen LogP contribution is 2.21. The number of esters is 1. The van der Waals surface area contributed by atoms with Crippen molar-refractivity contribution in [3.63, 3.8) is 0 Å². The van der Waals surface area contributed by atoms with Crippen LogP contribution in [0.15, 0.2) is 28.7 Å². The van der Waals surface area contributed by atoms with Crippen molar-refractivity contribution in [3.8, 4) is 0 Å². The first kappa shape index (κ1) is 13.6. The topological polar surface area (TPSA) is 29.5 Å². The normalized spacial score (nSPS) is 20.7. The zero-order chi connectivity index (χ0) is 13.0. The van der Waals surface area contributed by atoms with Crippen LogP contribution in [0.1, 0.15) is 24.8 Å². The van der Waals surface area contributed by atoms with Crippen LogP contribution in [0, 0.1) is 0 Å². The van der Waals surface area contributed by atoms with E-state index < -0.39 is 0 Å². The van der Waals surface area contributed by atoms with Crippen molar-refractivity contribution in [3.05, 3.63) is 34.3 Å². The van der Waals surface area contributed by atoms with Gasteiger partial charge in [-0.2, -0.15) is 0 Å². The van der Waals surface area contributed by atoms with E-state index in [1.165, 1.54) is 12.7 Å². The average Bonchev–Trinajstić information content (AvgIpc) is 2.41. The molecule has 1 aliphatic rings. The summed E-state index contributed by atoms with van der Waals surface area (Å²) in [5.41, 5.74) is 1.23. The molecule has 3 nitrogen and oxygen atoms in total. The van der Waals surface area contributed by atoms with Gasteiger partial charge in [0.25, 0.3) is 0 Å². The van der Waals surface area contributed by atoms with Crippen LogP contribution in [-0.2, 0) is 16.1 Å². The number of halogens is 1. The Balaban J connectivity index is 2.05. The van der Waals surface area contributed by atoms with Gasteiger partial charge in [-0.05, 0) is 37.1 Å². The SMILES string of the molecule is COC(=O)[C@H]1CCCCN1Cc1ccc(Br)cc1. The summed E-state index contributed by atoms with van der Waals surface area (Å²) < 4.78 is 5.97. The van der Waals surface area contributed by atoms with Crippen molar-refractivity contribution in [2.24, 2.45) is 0 Å². The van der Waals surface area contributed by atoms with Crippen LogP contribution in [0.3, 0.4) is 0 Å². The number of nitrogens with zero attached hydrogens (tertiary/aromatic N) is 1. The molecule has 1 heterocycles. The number of methoxy groups -OCH3 is 1. The van der Waals surface area contributed by atoms with Gasteiger partial charge in [-0.3, -0.25) is 9.69 Å². The molecule has 1 fully saturated rings. The summed E-state index contributed by atoms with van der Waals surface area (Å²) in [5, 5.41) is 0. The van der Waals surface area contributed by atoms with Gasteiger partial charge in [0.05, 0.1) is 7.11 Å². The first-order chi connectivity index (χ1) is 8.70. The lowest BCUT2D eigenvalue weighted by molar-refractivity contribution is -0.148. The van der Waals surface area contributed by atoms with Gasteiger partial charge in [-0.1, -0.05) is 34.5 Å². The quantitative estimate of drug-likeness (QED) is 0.804. The second-order valence-corrected chi connectivity index (χ2v) is 5.55. The summed E-state index contributed by atoms with van der Waals surface area (Å²) in [6, 6.07) is 8.17. The lowest BCUT2D eigenvalue weighted by atomic mass is 10.0. The summed E-state index contributed by atoms with van der Waals surface area (Å²) in [7, 11) is 1.47. The fraction of sp³-hybridized carbons (Fsp3) is 0.500. The number of hydrogen-bond donors (Lipinski definition) is 0. The van der Waals surface area contributed by atoms with Crippen LogP contribution in [0.4, 0.5) is 0 Å². The highest BCUT2D eigenvalue weighted by molar-refractivity contribution is 9.10. The fourth-order valence-corrected chi connectivity index (χ4v) is 2.67. The van der Waals surface area contributed by atoms with Crippen molar-refractivity contribution in [1.29, 1.82) is 0 Å². The Hall–Kier alpha value is -0.870. The van der Waals surface area contributed by atoms with Gasteiger partial charge in [0.2, 0.25) is 0 Å². The standard InChI is InChI=1S/C14H18BrNO2/c1-18-14(17)13-4-2-3-9-16(13)10-11-5-7-12(15)8-6-11/h5-8,13H,2-4,9-10H2,1H3/t13-/m1/s1. The Bertz CT molecular complexity index is 405. The van der Waals surface area contributed by atoms with Crippen LogP contribution in [-0.4, -0.2) is 30.6 Å². The number of carbonyl (C=O) groups is 1. The van der Waals surface area contributed by atoms with Gasteiger partial charge in [-0.15, -0.1) is 0 Å². The van der Waals surface area contributed by atoms with Crippen LogP contribution < -0.4 is 0 Å². The van der Waals surface area contributed by atoms with E-state index in [-0.39, 0.29) is 12.0 Å². The Kier molecular flexibility index (Phi) is 4.78. The fourth-order valence-electron chi connectivity index (χ4n) is 2.41. The van der Waals surface area contributed by atoms with Gasteiger partial charge in [-0.25, -0.2) is 0 Å². The van der Waals surface area contributed by atoms with Crippen molar-refractivity contribution >= 4 is 21.9 Å². The number of benzene rings is 1. The molecule has 0 saturated carbocycles. The van der Waals surface area contributed by atoms with Gasteiger partial charge in [0, 0.05) is 11.0 Å². The largest absolute Gasteiger partial charge is 0.468 e. The predicted octanol–water partition coefficient (Wildman–Crippen LogP) is 2.98. The molecule has 0 aromatic heterocycles. The van der Waals surface area contributed by atoms with Crippen molar-refractivity contribution in [1.82, 2.24) is 4.90 Å². The number of likely N-dealkylation sites (tertiary alicyclic amines) is 1. The molecule has 0 unspecified atom stereocenters. The molecule has 0 radical (unpaired) electrons. The number of carbonyl (C=O) groups excluding carboxylic acids is 1. The van der Waals surface area contributed by atoms with Crippen LogP contribution in [0.25, 0.3) is 0 Å². The molecule has 1 aromatic carbocycles. The average molecular weight is 312 g/mol. The Labute approximate surface area is 116 Å². The highest BCUT2D eigenvalue weighted by atomic mass is 79.9. The van der Waals surface area contributed by atoms with E-state index in [9.17, 15) is 4.79 Å². The molecule has 0 N–H and O–H groups in total. The molecule has 2 rings (SSSR count). The molecule has 0 bridgehead atoms. The van der Waals surface area contributed by atoms with E-state index in [1.54, 1.807) is 0 Å². The minimum atomic E-state index is -0.105. The van der Waals surface area contributed by atoms with Gasteiger partial charge in [0.1, 0.15) is 6.04 Å². The second-order valence-electron chi connectivity index (χ2n) is 4.63. The third-order valence-electron chi connectivity index (χ3n) is 3.39. The Morgan fingerprint density at radius 3 is 2.78 bits per heavy atom. The zero-order valence-electron chi connectivity index (χ0n) is 10.6. The molecule has 1 atom stereocenters. The van der Waals surface area contributed by atoms with E-state index in [4.69, 9.17) is 4.74 Å². The highest BCUT2D eigenvalue weighted by Gasteiger charge is 2.29. The third kappa shape index (κ3) is 3.33. The summed E-state index contributed by atoms with van der Waals surface area (Å²) in [6.45, 7) is 1.78. The second kappa shape index (κ2) is 6.34. The van der Waals surface area contributed by atoms with Crippen LogP contribution in [0.5, 0.6) is 0 Å². The monoisotopic (exact) mass is 311 g/mol. The van der Waals surface area contributed by atoms with E-state index in [0.29, 0.717) is 0 Å². The van der Waals surface area contributed by atoms with Crippen molar-refractivity contribution in [2.45, 2.75) is 31.8 Å². The maximum Gasteiger partial charge on any atom is 0.323 e. The predicted molar refractivity (Wildman–Crippen MR) is 74.2 cm³/mol. The number of rotatable bonds is 3. The third-order valence-corrected chi connectivity index (χ3v) is 3.91. The van der Waals surface area contributed by atoms with Crippen LogP contribution in [0.2, 0.25) is 0 Å². The zero-order valence-corrected chi connectivity index (χ0v) is 12.1. The molecule has 18 heavy (non-hydrogen) atoms. The van der Waals surface area contributed by atoms with Crippen molar-refractivity contribution < 1.29 is 9.53 Å². The van der Waals surface area contributed by atoms with E-state index >= 15 is 0 Å². The maximum absolute atomic E-state index is 11.8. The van der Waals surface area contributed by atoms with Crippen LogP contribution >= 0.6 is 15.9 Å². The molecule has 0 amide bonds. The molecule has 0 spiro atoms. The van der Waals surface area contributed by atoms with Gasteiger partial charge < -0.3 is 4.74 Å². The molecule has 1 saturated heterocycles. The maximum atomic E-state index is 11.8. The minimum absolute atomic E-state index is 0.0765. The first-order valence-electron chi connectivity index (χ1n) is 6.27. The van der Waals surface area contributed by atoms with E-state index in [0.717, 1.165) is 36.8 Å². The summed E-state index contributed by atoms with van der Waals surface area (Å²) in [5.74, 6) is -0.105. The van der Waals surface area contributed by atoms with Crippen molar-refractivity contribution in [2.75, 3.05) is 13.7 Å². The van der Waals surface area contributed by atoms with E-state index in [2.05, 4.69) is 33.0 Å². The smallest absolute Gasteiger partial charge is 0.323 e. The summed E-state index contributed by atoms with van der Waals surface area (Å²) >= 11 is 3.43. The first-order valence-corrected chi connectivity index (χ1v) is 7.06. The number of hydrogen-bond acceptors (Lipinski definition) is 3.